The summed E-state index contributed by atoms with van der Waals surface area (Å²) in [6, 6.07) is 0. The molecule has 3 nitrogen and oxygen atoms in total. The molecule has 1 aliphatic rings. The number of hydrogen-bond acceptors (Lipinski definition) is 3. The summed E-state index contributed by atoms with van der Waals surface area (Å²) in [5, 5.41) is 0. The standard InChI is InChI=1S/C10H14O3/c1-8(13-10(11)12-2)9-6-4-3-5-7-9/h6H,1,3-5,7H2,2H3. The molecular weight excluding hydrogens is 168 g/mol. The fourth-order valence-corrected chi connectivity index (χ4v) is 1.30. The summed E-state index contributed by atoms with van der Waals surface area (Å²) >= 11 is 0. The zero-order valence-corrected chi connectivity index (χ0v) is 7.84. The first-order valence-corrected chi connectivity index (χ1v) is 4.38. The molecule has 0 aromatic carbocycles. The molecule has 0 spiro atoms. The van der Waals surface area contributed by atoms with Gasteiger partial charge in [-0.3, -0.25) is 0 Å². The van der Waals surface area contributed by atoms with Gasteiger partial charge in [-0.05, 0) is 31.3 Å². The van der Waals surface area contributed by atoms with Gasteiger partial charge in [-0.2, -0.15) is 0 Å². The lowest BCUT2D eigenvalue weighted by atomic mass is 9.99. The predicted octanol–water partition coefficient (Wildman–Crippen LogP) is 2.78. The van der Waals surface area contributed by atoms with Crippen LogP contribution in [0.3, 0.4) is 0 Å². The molecule has 0 atom stereocenters. The lowest BCUT2D eigenvalue weighted by Gasteiger charge is -2.13. The van der Waals surface area contributed by atoms with Crippen molar-refractivity contribution < 1.29 is 14.3 Å². The summed E-state index contributed by atoms with van der Waals surface area (Å²) in [7, 11) is 1.28. The van der Waals surface area contributed by atoms with Crippen LogP contribution in [0.25, 0.3) is 0 Å². The minimum Gasteiger partial charge on any atom is -0.437 e. The Hall–Kier alpha value is -1.25. The third-order valence-electron chi connectivity index (χ3n) is 2.02. The van der Waals surface area contributed by atoms with E-state index in [1.807, 2.05) is 0 Å². The molecule has 0 heterocycles. The molecule has 0 aromatic rings. The van der Waals surface area contributed by atoms with Crippen molar-refractivity contribution in [3.63, 3.8) is 0 Å². The number of carbonyl (C=O) groups excluding carboxylic acids is 1. The molecule has 0 aliphatic heterocycles. The SMILES string of the molecule is C=C(OC(=O)OC)C1=CCCCC1. The van der Waals surface area contributed by atoms with Gasteiger partial charge in [-0.15, -0.1) is 0 Å². The van der Waals surface area contributed by atoms with E-state index in [-0.39, 0.29) is 0 Å². The Morgan fingerprint density at radius 3 is 2.85 bits per heavy atom. The first kappa shape index (κ1) is 9.84. The molecular formula is C10H14O3. The van der Waals surface area contributed by atoms with Crippen LogP contribution in [0.4, 0.5) is 4.79 Å². The average molecular weight is 182 g/mol. The van der Waals surface area contributed by atoms with Crippen molar-refractivity contribution in [2.45, 2.75) is 25.7 Å². The second-order valence-corrected chi connectivity index (χ2v) is 2.95. The van der Waals surface area contributed by atoms with Crippen LogP contribution in [0.15, 0.2) is 24.0 Å². The molecule has 0 amide bonds. The lowest BCUT2D eigenvalue weighted by molar-refractivity contribution is 0.0988. The molecule has 0 aromatic heterocycles. The van der Waals surface area contributed by atoms with Crippen LogP contribution in [0.2, 0.25) is 0 Å². The highest BCUT2D eigenvalue weighted by molar-refractivity contribution is 5.62. The maximum Gasteiger partial charge on any atom is 0.513 e. The Labute approximate surface area is 78.0 Å². The van der Waals surface area contributed by atoms with Crippen molar-refractivity contribution in [2.24, 2.45) is 0 Å². The minimum atomic E-state index is -0.698. The molecule has 1 aliphatic carbocycles. The summed E-state index contributed by atoms with van der Waals surface area (Å²) in [5.41, 5.74) is 1.02. The van der Waals surface area contributed by atoms with Crippen LogP contribution < -0.4 is 0 Å². The zero-order valence-electron chi connectivity index (χ0n) is 7.84. The smallest absolute Gasteiger partial charge is 0.437 e. The van der Waals surface area contributed by atoms with E-state index in [9.17, 15) is 4.79 Å². The first-order chi connectivity index (χ1) is 6.24. The van der Waals surface area contributed by atoms with Gasteiger partial charge in [0.15, 0.2) is 0 Å². The van der Waals surface area contributed by atoms with Crippen molar-refractivity contribution in [3.05, 3.63) is 24.0 Å². The fraction of sp³-hybridized carbons (Fsp3) is 0.500. The number of carbonyl (C=O) groups is 1. The third kappa shape index (κ3) is 2.93. The summed E-state index contributed by atoms with van der Waals surface area (Å²) < 4.78 is 9.18. The van der Waals surface area contributed by atoms with E-state index in [1.54, 1.807) is 0 Å². The van der Waals surface area contributed by atoms with Crippen LogP contribution >= 0.6 is 0 Å². The van der Waals surface area contributed by atoms with Crippen molar-refractivity contribution in [3.8, 4) is 0 Å². The largest absolute Gasteiger partial charge is 0.513 e. The summed E-state index contributed by atoms with van der Waals surface area (Å²) in [4.78, 5) is 10.7. The molecule has 0 fully saturated rings. The molecule has 13 heavy (non-hydrogen) atoms. The molecule has 3 heteroatoms. The van der Waals surface area contributed by atoms with Crippen molar-refractivity contribution in [1.29, 1.82) is 0 Å². The van der Waals surface area contributed by atoms with Crippen molar-refractivity contribution >= 4 is 6.16 Å². The monoisotopic (exact) mass is 182 g/mol. The molecule has 0 N–H and O–H groups in total. The van der Waals surface area contributed by atoms with Gasteiger partial charge >= 0.3 is 6.16 Å². The topological polar surface area (TPSA) is 35.5 Å². The van der Waals surface area contributed by atoms with Crippen LogP contribution in [0.1, 0.15) is 25.7 Å². The van der Waals surface area contributed by atoms with Gasteiger partial charge < -0.3 is 9.47 Å². The highest BCUT2D eigenvalue weighted by Crippen LogP contribution is 2.23. The number of ether oxygens (including phenoxy) is 2. The van der Waals surface area contributed by atoms with Crippen LogP contribution in [-0.2, 0) is 9.47 Å². The van der Waals surface area contributed by atoms with E-state index >= 15 is 0 Å². The molecule has 0 unspecified atom stereocenters. The van der Waals surface area contributed by atoms with Gasteiger partial charge in [0.25, 0.3) is 0 Å². The lowest BCUT2D eigenvalue weighted by Crippen LogP contribution is -2.06. The Bertz CT molecular complexity index is 241. The first-order valence-electron chi connectivity index (χ1n) is 4.38. The molecule has 1 rings (SSSR count). The molecule has 0 bridgehead atoms. The van der Waals surface area contributed by atoms with Gasteiger partial charge in [0.05, 0.1) is 7.11 Å². The number of methoxy groups -OCH3 is 1. The van der Waals surface area contributed by atoms with E-state index in [2.05, 4.69) is 17.4 Å². The van der Waals surface area contributed by atoms with Gasteiger partial charge in [-0.25, -0.2) is 4.79 Å². The second kappa shape index (κ2) is 4.70. The van der Waals surface area contributed by atoms with Crippen LogP contribution in [0, 0.1) is 0 Å². The fourth-order valence-electron chi connectivity index (χ4n) is 1.30. The Morgan fingerprint density at radius 1 is 1.54 bits per heavy atom. The van der Waals surface area contributed by atoms with Crippen molar-refractivity contribution in [2.75, 3.05) is 7.11 Å². The highest BCUT2D eigenvalue weighted by Gasteiger charge is 2.11. The Balaban J connectivity index is 2.47. The third-order valence-corrected chi connectivity index (χ3v) is 2.02. The molecule has 0 radical (unpaired) electrons. The summed E-state index contributed by atoms with van der Waals surface area (Å²) in [6.45, 7) is 3.67. The average Bonchev–Trinajstić information content (AvgIpc) is 2.19. The van der Waals surface area contributed by atoms with Gasteiger partial charge in [-0.1, -0.05) is 12.7 Å². The van der Waals surface area contributed by atoms with E-state index < -0.39 is 6.16 Å². The predicted molar refractivity (Wildman–Crippen MR) is 49.2 cm³/mol. The summed E-state index contributed by atoms with van der Waals surface area (Å²) in [6.07, 6.45) is 5.69. The Kier molecular flexibility index (Phi) is 3.55. The van der Waals surface area contributed by atoms with E-state index in [1.165, 1.54) is 13.5 Å². The van der Waals surface area contributed by atoms with E-state index in [4.69, 9.17) is 4.74 Å². The molecule has 0 saturated carbocycles. The maximum atomic E-state index is 10.7. The van der Waals surface area contributed by atoms with Gasteiger partial charge in [0.2, 0.25) is 0 Å². The van der Waals surface area contributed by atoms with Crippen LogP contribution in [0.5, 0.6) is 0 Å². The maximum absolute atomic E-state index is 10.7. The van der Waals surface area contributed by atoms with Crippen LogP contribution in [-0.4, -0.2) is 13.3 Å². The highest BCUT2D eigenvalue weighted by atomic mass is 16.7. The second-order valence-electron chi connectivity index (χ2n) is 2.95. The summed E-state index contributed by atoms with van der Waals surface area (Å²) in [5.74, 6) is 0.423. The number of hydrogen-bond donors (Lipinski definition) is 0. The molecule has 0 saturated heterocycles. The van der Waals surface area contributed by atoms with E-state index in [0.717, 1.165) is 24.8 Å². The number of allylic oxidation sites excluding steroid dienone is 2. The van der Waals surface area contributed by atoms with Gasteiger partial charge in [0.1, 0.15) is 5.76 Å². The number of rotatable bonds is 2. The van der Waals surface area contributed by atoms with Crippen molar-refractivity contribution in [1.82, 2.24) is 0 Å². The van der Waals surface area contributed by atoms with Gasteiger partial charge in [0, 0.05) is 0 Å². The molecule has 72 valence electrons. The minimum absolute atomic E-state index is 0.423. The zero-order chi connectivity index (χ0) is 9.68. The quantitative estimate of drug-likeness (QED) is 0.486. The Morgan fingerprint density at radius 2 is 2.31 bits per heavy atom. The normalized spacial score (nSPS) is 15.9. The van der Waals surface area contributed by atoms with E-state index in [0.29, 0.717) is 5.76 Å².